The van der Waals surface area contributed by atoms with E-state index in [0.717, 1.165) is 42.0 Å². The molecule has 158 valence electrons. The van der Waals surface area contributed by atoms with Gasteiger partial charge in [0.1, 0.15) is 5.82 Å². The van der Waals surface area contributed by atoms with E-state index in [1.165, 1.54) is 6.08 Å². The summed E-state index contributed by atoms with van der Waals surface area (Å²) in [4.78, 5) is 30.8. The average Bonchev–Trinajstić information content (AvgIpc) is 3.04. The highest BCUT2D eigenvalue weighted by Crippen LogP contribution is 2.53. The maximum absolute atomic E-state index is 12.9. The van der Waals surface area contributed by atoms with Crippen LogP contribution >= 0.6 is 0 Å². The molecule has 2 aromatic heterocycles. The number of nitrogens with one attached hydrogen (secondary N) is 1. The van der Waals surface area contributed by atoms with Crippen LogP contribution in [0.5, 0.6) is 0 Å². The van der Waals surface area contributed by atoms with Crippen LogP contribution in [0.2, 0.25) is 0 Å². The second-order valence-electron chi connectivity index (χ2n) is 8.30. The molecule has 2 amide bonds. The van der Waals surface area contributed by atoms with Crippen molar-refractivity contribution in [3.05, 3.63) is 46.9 Å². The lowest BCUT2D eigenvalue weighted by molar-refractivity contribution is -0.116. The molecule has 8 heteroatoms. The minimum absolute atomic E-state index is 0.0969. The molecule has 1 unspecified atom stereocenters. The fourth-order valence-corrected chi connectivity index (χ4v) is 4.59. The van der Waals surface area contributed by atoms with Gasteiger partial charge in [0, 0.05) is 44.6 Å². The van der Waals surface area contributed by atoms with Crippen molar-refractivity contribution in [1.82, 2.24) is 25.0 Å². The van der Waals surface area contributed by atoms with Crippen LogP contribution in [0.25, 0.3) is 6.08 Å². The molecule has 2 aliphatic rings. The molecule has 1 saturated carbocycles. The normalized spacial score (nSPS) is 22.4. The molecule has 0 bridgehead atoms. The summed E-state index contributed by atoms with van der Waals surface area (Å²) in [6.45, 7) is 6.09. The Labute approximate surface area is 176 Å². The Morgan fingerprint density at radius 2 is 2.00 bits per heavy atom. The predicted molar refractivity (Wildman–Crippen MR) is 114 cm³/mol. The Bertz CT molecular complexity index is 982. The van der Waals surface area contributed by atoms with E-state index in [-0.39, 0.29) is 11.8 Å². The first-order chi connectivity index (χ1) is 14.3. The van der Waals surface area contributed by atoms with Crippen molar-refractivity contribution >= 4 is 23.7 Å². The van der Waals surface area contributed by atoms with Gasteiger partial charge < -0.3 is 16.0 Å². The van der Waals surface area contributed by atoms with Crippen LogP contribution < -0.4 is 11.1 Å². The summed E-state index contributed by atoms with van der Waals surface area (Å²) >= 11 is 0. The molecule has 2 fully saturated rings. The summed E-state index contributed by atoms with van der Waals surface area (Å²) in [5.74, 6) is 2.14. The van der Waals surface area contributed by atoms with Crippen molar-refractivity contribution in [3.8, 4) is 0 Å². The summed E-state index contributed by atoms with van der Waals surface area (Å²) in [6.07, 6.45) is 5.82. The number of carbonyl (C=O) groups is 2. The first-order valence-electron chi connectivity index (χ1n) is 10.3. The van der Waals surface area contributed by atoms with Gasteiger partial charge in [-0.05, 0) is 61.8 Å². The first kappa shape index (κ1) is 20.1. The highest BCUT2D eigenvalue weighted by molar-refractivity contribution is 5.96. The van der Waals surface area contributed by atoms with E-state index in [0.29, 0.717) is 30.1 Å². The number of anilines is 1. The highest BCUT2D eigenvalue weighted by Gasteiger charge is 2.56. The lowest BCUT2D eigenvalue weighted by Gasteiger charge is -2.20. The van der Waals surface area contributed by atoms with E-state index in [2.05, 4.69) is 15.4 Å². The number of amides is 2. The van der Waals surface area contributed by atoms with Crippen LogP contribution in [-0.4, -0.2) is 51.1 Å². The number of fused-ring (bicyclic) bond motifs is 1. The number of hydrogen-bond donors (Lipinski definition) is 2. The zero-order valence-corrected chi connectivity index (χ0v) is 17.6. The number of rotatable bonds is 6. The second kappa shape index (κ2) is 7.93. The Hall–Kier alpha value is -3.16. The molecule has 1 aliphatic carbocycles. The quantitative estimate of drug-likeness (QED) is 0.706. The number of likely N-dealkylation sites (tertiary alicyclic amines) is 1. The molecule has 0 spiro atoms. The van der Waals surface area contributed by atoms with Gasteiger partial charge in [0.2, 0.25) is 5.91 Å². The van der Waals surface area contributed by atoms with Crippen molar-refractivity contribution in [2.24, 2.45) is 24.8 Å². The molecule has 4 rings (SSSR count). The van der Waals surface area contributed by atoms with Crippen molar-refractivity contribution in [1.29, 1.82) is 0 Å². The molecule has 2 aromatic rings. The number of carbonyl (C=O) groups excluding carboxylic acids is 2. The van der Waals surface area contributed by atoms with E-state index in [9.17, 15) is 9.59 Å². The van der Waals surface area contributed by atoms with Crippen molar-refractivity contribution < 1.29 is 9.59 Å². The summed E-state index contributed by atoms with van der Waals surface area (Å²) in [6, 6.07) is 3.52. The number of hydrogen-bond acceptors (Lipinski definition) is 5. The second-order valence-corrected chi connectivity index (χ2v) is 8.30. The fourth-order valence-electron chi connectivity index (χ4n) is 4.59. The van der Waals surface area contributed by atoms with E-state index >= 15 is 0 Å². The van der Waals surface area contributed by atoms with Gasteiger partial charge in [-0.3, -0.25) is 14.3 Å². The van der Waals surface area contributed by atoms with Gasteiger partial charge in [0.05, 0.1) is 11.3 Å². The molecule has 0 aromatic carbocycles. The summed E-state index contributed by atoms with van der Waals surface area (Å²) in [5.41, 5.74) is 8.84. The maximum atomic E-state index is 12.9. The molecule has 8 nitrogen and oxygen atoms in total. The third-order valence-electron chi connectivity index (χ3n) is 6.39. The van der Waals surface area contributed by atoms with E-state index in [1.54, 1.807) is 23.0 Å². The van der Waals surface area contributed by atoms with Gasteiger partial charge in [0.15, 0.2) is 0 Å². The van der Waals surface area contributed by atoms with Gasteiger partial charge in [-0.25, -0.2) is 4.98 Å². The third kappa shape index (κ3) is 3.94. The number of nitrogens with two attached hydrogens (primary N) is 1. The van der Waals surface area contributed by atoms with Crippen LogP contribution in [0.3, 0.4) is 0 Å². The summed E-state index contributed by atoms with van der Waals surface area (Å²) in [7, 11) is 1.87. The number of piperidine rings is 1. The molecular formula is C22H28N6O2. The minimum Gasteiger partial charge on any atom is -0.384 e. The highest BCUT2D eigenvalue weighted by atomic mass is 16.2. The van der Waals surface area contributed by atoms with Gasteiger partial charge in [0.25, 0.3) is 5.91 Å². The van der Waals surface area contributed by atoms with Crippen molar-refractivity contribution in [2.45, 2.75) is 20.3 Å². The van der Waals surface area contributed by atoms with E-state index in [1.807, 2.05) is 31.9 Å². The smallest absolute Gasteiger partial charge is 0.257 e. The summed E-state index contributed by atoms with van der Waals surface area (Å²) in [5, 5.41) is 7.30. The molecule has 3 N–H and O–H groups in total. The maximum Gasteiger partial charge on any atom is 0.257 e. The standard InChI is InChI=1S/C22H28N6O2/c1-13-21(14(2)27(3)26-13)22(30)28-11-17-16(18(17)12-28)8-9-24-20(29)7-5-15-4-6-19(23)25-10-15/h4-7,10,16-18H,8-9,11-12H2,1-3H3,(H2,23,25)(H,24,29)/b7-5+/t16?,17-,18+. The van der Waals surface area contributed by atoms with E-state index < -0.39 is 0 Å². The van der Waals surface area contributed by atoms with Gasteiger partial charge in [-0.15, -0.1) is 0 Å². The molecule has 30 heavy (non-hydrogen) atoms. The Balaban J connectivity index is 1.20. The largest absolute Gasteiger partial charge is 0.384 e. The predicted octanol–water partition coefficient (Wildman–Crippen LogP) is 1.55. The molecule has 3 atom stereocenters. The number of pyridine rings is 1. The number of nitrogens with zero attached hydrogens (tertiary/aromatic N) is 4. The lowest BCUT2D eigenvalue weighted by atomic mass is 10.1. The third-order valence-corrected chi connectivity index (χ3v) is 6.39. The minimum atomic E-state index is -0.114. The number of nitrogen functional groups attached to an aromatic ring is 1. The van der Waals surface area contributed by atoms with Crippen LogP contribution in [0.4, 0.5) is 5.82 Å². The molecule has 0 radical (unpaired) electrons. The number of aromatic nitrogens is 3. The Morgan fingerprint density at radius 1 is 1.27 bits per heavy atom. The average molecular weight is 409 g/mol. The van der Waals surface area contributed by atoms with Crippen LogP contribution in [0.15, 0.2) is 24.4 Å². The van der Waals surface area contributed by atoms with Gasteiger partial charge >= 0.3 is 0 Å². The lowest BCUT2D eigenvalue weighted by Crippen LogP contribution is -2.32. The molecule has 3 heterocycles. The zero-order valence-electron chi connectivity index (χ0n) is 17.6. The number of aryl methyl sites for hydroxylation is 2. The van der Waals surface area contributed by atoms with Crippen LogP contribution in [-0.2, 0) is 11.8 Å². The SMILES string of the molecule is Cc1nn(C)c(C)c1C(=O)N1C[C@@H]2C(CCNC(=O)/C=C/c3ccc(N)nc3)[C@@H]2C1. The van der Waals surface area contributed by atoms with E-state index in [4.69, 9.17) is 5.73 Å². The monoisotopic (exact) mass is 408 g/mol. The topological polar surface area (TPSA) is 106 Å². The molecular weight excluding hydrogens is 380 g/mol. The van der Waals surface area contributed by atoms with Crippen molar-refractivity contribution in [3.63, 3.8) is 0 Å². The van der Waals surface area contributed by atoms with Crippen LogP contribution in [0.1, 0.15) is 33.7 Å². The fraction of sp³-hybridized carbons (Fsp3) is 0.455. The van der Waals surface area contributed by atoms with Crippen molar-refractivity contribution in [2.75, 3.05) is 25.4 Å². The Morgan fingerprint density at radius 3 is 2.60 bits per heavy atom. The van der Waals surface area contributed by atoms with Gasteiger partial charge in [-0.2, -0.15) is 5.10 Å². The molecule has 1 aliphatic heterocycles. The first-order valence-corrected chi connectivity index (χ1v) is 10.3. The van der Waals surface area contributed by atoms with Gasteiger partial charge in [-0.1, -0.05) is 0 Å². The molecule has 1 saturated heterocycles. The Kier molecular flexibility index (Phi) is 5.32. The van der Waals surface area contributed by atoms with Crippen LogP contribution in [0, 0.1) is 31.6 Å². The summed E-state index contributed by atoms with van der Waals surface area (Å²) < 4.78 is 1.77. The zero-order chi connectivity index (χ0) is 21.4.